The molecule has 4 nitrogen and oxygen atoms in total. The van der Waals surface area contributed by atoms with Gasteiger partial charge in [-0.2, -0.15) is 0 Å². The van der Waals surface area contributed by atoms with Gasteiger partial charge in [0.2, 0.25) is 0 Å². The maximum absolute atomic E-state index is 5.64. The molecule has 2 unspecified atom stereocenters. The summed E-state index contributed by atoms with van der Waals surface area (Å²) in [6, 6.07) is 0. The molecule has 0 amide bonds. The second kappa shape index (κ2) is 5.91. The van der Waals surface area contributed by atoms with Gasteiger partial charge in [-0.15, -0.1) is 0 Å². The number of nitrogens with one attached hydrogen (secondary N) is 1. The second-order valence-corrected chi connectivity index (χ2v) is 5.90. The second-order valence-electron chi connectivity index (χ2n) is 5.90. The van der Waals surface area contributed by atoms with Crippen molar-refractivity contribution in [3.63, 3.8) is 0 Å². The fourth-order valence-corrected chi connectivity index (χ4v) is 2.84. The zero-order chi connectivity index (χ0) is 13.0. The summed E-state index contributed by atoms with van der Waals surface area (Å²) < 4.78 is 5.64. The van der Waals surface area contributed by atoms with Gasteiger partial charge >= 0.3 is 0 Å². The minimum absolute atomic E-state index is 0.377. The lowest BCUT2D eigenvalue weighted by Crippen LogP contribution is -2.43. The number of nitrogens with zero attached hydrogens (tertiary/aromatic N) is 2. The molecule has 1 N–H and O–H groups in total. The summed E-state index contributed by atoms with van der Waals surface area (Å²) in [5, 5.41) is 3.47. The minimum atomic E-state index is 0.377. The monoisotopic (exact) mass is 253 g/mol. The molecule has 0 aromatic heterocycles. The number of hydrogen-bond acceptors (Lipinski definition) is 2. The molecule has 0 saturated carbocycles. The Morgan fingerprint density at radius 3 is 2.94 bits per heavy atom. The van der Waals surface area contributed by atoms with E-state index in [9.17, 15) is 0 Å². The third kappa shape index (κ3) is 3.16. The minimum Gasteiger partial charge on any atom is -0.376 e. The highest BCUT2D eigenvalue weighted by Crippen LogP contribution is 2.32. The molecule has 2 aliphatic rings. The van der Waals surface area contributed by atoms with Crippen molar-refractivity contribution in [1.82, 2.24) is 10.2 Å². The number of rotatable bonds is 3. The van der Waals surface area contributed by atoms with Crippen LogP contribution in [0.3, 0.4) is 0 Å². The van der Waals surface area contributed by atoms with Gasteiger partial charge in [0.05, 0.1) is 6.10 Å². The Labute approximate surface area is 111 Å². The van der Waals surface area contributed by atoms with E-state index in [4.69, 9.17) is 4.74 Å². The predicted molar refractivity (Wildman–Crippen MR) is 74.9 cm³/mol. The molecular formula is C14H27N3O. The van der Waals surface area contributed by atoms with Crippen molar-refractivity contribution < 1.29 is 4.74 Å². The maximum atomic E-state index is 5.64. The van der Waals surface area contributed by atoms with Gasteiger partial charge in [-0.05, 0) is 31.1 Å². The third-order valence-corrected chi connectivity index (χ3v) is 4.43. The summed E-state index contributed by atoms with van der Waals surface area (Å²) in [4.78, 5) is 6.79. The quantitative estimate of drug-likeness (QED) is 0.616. The van der Waals surface area contributed by atoms with Crippen molar-refractivity contribution in [2.24, 2.45) is 10.4 Å². The number of ether oxygens (including phenoxy) is 1. The number of guanidine groups is 1. The first-order valence-corrected chi connectivity index (χ1v) is 7.24. The maximum Gasteiger partial charge on any atom is 0.193 e. The van der Waals surface area contributed by atoms with Gasteiger partial charge in [-0.1, -0.05) is 13.8 Å². The van der Waals surface area contributed by atoms with Crippen LogP contribution in [0.15, 0.2) is 4.99 Å². The van der Waals surface area contributed by atoms with E-state index in [0.29, 0.717) is 11.5 Å². The number of aliphatic imine (C=N–C) groups is 1. The Kier molecular flexibility index (Phi) is 4.49. The van der Waals surface area contributed by atoms with Crippen LogP contribution in [0.2, 0.25) is 0 Å². The highest BCUT2D eigenvalue weighted by Gasteiger charge is 2.33. The van der Waals surface area contributed by atoms with E-state index in [2.05, 4.69) is 29.1 Å². The van der Waals surface area contributed by atoms with Crippen LogP contribution >= 0.6 is 0 Å². The molecular weight excluding hydrogens is 226 g/mol. The van der Waals surface area contributed by atoms with E-state index in [-0.39, 0.29) is 0 Å². The van der Waals surface area contributed by atoms with Crippen molar-refractivity contribution in [3.8, 4) is 0 Å². The van der Waals surface area contributed by atoms with Crippen LogP contribution in [0.25, 0.3) is 0 Å². The molecule has 18 heavy (non-hydrogen) atoms. The fourth-order valence-electron chi connectivity index (χ4n) is 2.84. The molecule has 0 bridgehead atoms. The highest BCUT2D eigenvalue weighted by molar-refractivity contribution is 5.80. The first-order chi connectivity index (χ1) is 8.67. The standard InChI is InChI=1S/C14H27N3O/c1-4-14(2)7-8-17(11-14)13(15-3)16-10-12-6-5-9-18-12/h12H,4-11H2,1-3H3,(H,15,16). The van der Waals surface area contributed by atoms with Gasteiger partial charge in [0.25, 0.3) is 0 Å². The molecule has 104 valence electrons. The van der Waals surface area contributed by atoms with Crippen LogP contribution in [0.4, 0.5) is 0 Å². The molecule has 0 radical (unpaired) electrons. The Morgan fingerprint density at radius 1 is 1.56 bits per heavy atom. The van der Waals surface area contributed by atoms with Crippen molar-refractivity contribution in [2.45, 2.75) is 45.6 Å². The first kappa shape index (κ1) is 13.7. The Hall–Kier alpha value is -0.770. The van der Waals surface area contributed by atoms with Gasteiger partial charge in [-0.25, -0.2) is 0 Å². The zero-order valence-electron chi connectivity index (χ0n) is 12.0. The summed E-state index contributed by atoms with van der Waals surface area (Å²) in [5.74, 6) is 1.04. The topological polar surface area (TPSA) is 36.9 Å². The van der Waals surface area contributed by atoms with Crippen molar-refractivity contribution in [1.29, 1.82) is 0 Å². The van der Waals surface area contributed by atoms with Gasteiger partial charge in [0, 0.05) is 33.3 Å². The molecule has 2 atom stereocenters. The summed E-state index contributed by atoms with van der Waals surface area (Å²) in [6.07, 6.45) is 5.26. The molecule has 2 heterocycles. The van der Waals surface area contributed by atoms with Crippen molar-refractivity contribution >= 4 is 5.96 Å². The van der Waals surface area contributed by atoms with E-state index in [1.165, 1.54) is 25.7 Å². The summed E-state index contributed by atoms with van der Waals surface area (Å²) >= 11 is 0. The van der Waals surface area contributed by atoms with Gasteiger partial charge in [0.15, 0.2) is 5.96 Å². The molecule has 0 aliphatic carbocycles. The number of likely N-dealkylation sites (tertiary alicyclic amines) is 1. The summed E-state index contributed by atoms with van der Waals surface area (Å²) in [6.45, 7) is 8.71. The van der Waals surface area contributed by atoms with E-state index >= 15 is 0 Å². The van der Waals surface area contributed by atoms with Crippen LogP contribution in [0.5, 0.6) is 0 Å². The van der Waals surface area contributed by atoms with E-state index < -0.39 is 0 Å². The average Bonchev–Trinajstić information content (AvgIpc) is 3.01. The molecule has 2 fully saturated rings. The predicted octanol–water partition coefficient (Wildman–Crippen LogP) is 1.86. The van der Waals surface area contributed by atoms with Crippen LogP contribution in [-0.4, -0.2) is 50.3 Å². The Morgan fingerprint density at radius 2 is 2.39 bits per heavy atom. The van der Waals surface area contributed by atoms with E-state index in [1.54, 1.807) is 0 Å². The molecule has 2 saturated heterocycles. The molecule has 0 spiro atoms. The smallest absolute Gasteiger partial charge is 0.193 e. The van der Waals surface area contributed by atoms with Crippen LogP contribution in [0, 0.1) is 5.41 Å². The largest absolute Gasteiger partial charge is 0.376 e. The van der Waals surface area contributed by atoms with Crippen LogP contribution < -0.4 is 5.32 Å². The van der Waals surface area contributed by atoms with Gasteiger partial charge < -0.3 is 15.0 Å². The number of hydrogen-bond donors (Lipinski definition) is 1. The Bertz CT molecular complexity index is 299. The molecule has 2 aliphatic heterocycles. The zero-order valence-corrected chi connectivity index (χ0v) is 12.0. The normalized spacial score (nSPS) is 33.2. The molecule has 0 aromatic carbocycles. The lowest BCUT2D eigenvalue weighted by molar-refractivity contribution is 0.113. The fraction of sp³-hybridized carbons (Fsp3) is 0.929. The third-order valence-electron chi connectivity index (χ3n) is 4.43. The van der Waals surface area contributed by atoms with E-state index in [1.807, 2.05) is 7.05 Å². The Balaban J connectivity index is 1.82. The first-order valence-electron chi connectivity index (χ1n) is 7.24. The molecule has 0 aromatic rings. The summed E-state index contributed by atoms with van der Waals surface area (Å²) in [5.41, 5.74) is 0.460. The SMILES string of the molecule is CCC1(C)CCN(C(=NC)NCC2CCCO2)C1. The molecule has 4 heteroatoms. The van der Waals surface area contributed by atoms with Crippen molar-refractivity contribution in [2.75, 3.05) is 33.3 Å². The summed E-state index contributed by atoms with van der Waals surface area (Å²) in [7, 11) is 1.87. The lowest BCUT2D eigenvalue weighted by atomic mass is 9.87. The van der Waals surface area contributed by atoms with Gasteiger partial charge in [0.1, 0.15) is 0 Å². The average molecular weight is 253 g/mol. The van der Waals surface area contributed by atoms with E-state index in [0.717, 1.165) is 32.2 Å². The highest BCUT2D eigenvalue weighted by atomic mass is 16.5. The molecule has 2 rings (SSSR count). The van der Waals surface area contributed by atoms with Crippen LogP contribution in [0.1, 0.15) is 39.5 Å². The lowest BCUT2D eigenvalue weighted by Gasteiger charge is -2.26. The van der Waals surface area contributed by atoms with Crippen molar-refractivity contribution in [3.05, 3.63) is 0 Å². The van der Waals surface area contributed by atoms with Crippen LogP contribution in [-0.2, 0) is 4.74 Å². The van der Waals surface area contributed by atoms with Gasteiger partial charge in [-0.3, -0.25) is 4.99 Å².